The number of nitrogens with zero attached hydrogens (tertiary/aromatic N) is 3. The molecule has 1 aromatic heterocycles. The van der Waals surface area contributed by atoms with Gasteiger partial charge < -0.3 is 10.3 Å². The normalized spacial score (nSPS) is 33.9. The summed E-state index contributed by atoms with van der Waals surface area (Å²) < 4.78 is 2.30. The van der Waals surface area contributed by atoms with Crippen LogP contribution >= 0.6 is 0 Å². The minimum atomic E-state index is -0.226. The molecule has 0 atom stereocenters. The summed E-state index contributed by atoms with van der Waals surface area (Å²) in [5.74, 6) is 2.89. The minimum Gasteiger partial charge on any atom is -0.319 e. The fourth-order valence-electron chi connectivity index (χ4n) is 2.98. The van der Waals surface area contributed by atoms with Gasteiger partial charge in [-0.25, -0.2) is 0 Å². The summed E-state index contributed by atoms with van der Waals surface area (Å²) in [4.78, 5) is 0. The average Bonchev–Trinajstić information content (AvgIpc) is 3.06. The minimum absolute atomic E-state index is 0.226. The molecule has 3 rings (SSSR count). The van der Waals surface area contributed by atoms with Crippen molar-refractivity contribution in [1.82, 2.24) is 14.8 Å². The van der Waals surface area contributed by atoms with Crippen molar-refractivity contribution < 1.29 is 0 Å². The molecule has 2 saturated carbocycles. The summed E-state index contributed by atoms with van der Waals surface area (Å²) in [6.45, 7) is 4.36. The van der Waals surface area contributed by atoms with Gasteiger partial charge in [0.25, 0.3) is 0 Å². The Labute approximate surface area is 103 Å². The second-order valence-corrected chi connectivity index (χ2v) is 6.01. The molecule has 2 fully saturated rings. The fraction of sp³-hybridized carbons (Fsp3) is 0.846. The van der Waals surface area contributed by atoms with Crippen LogP contribution in [0.5, 0.6) is 0 Å². The van der Waals surface area contributed by atoms with Crippen LogP contribution in [0, 0.1) is 12.8 Å². The molecule has 0 bridgehead atoms. The smallest absolute Gasteiger partial charge is 0.153 e. The third-order valence-corrected chi connectivity index (χ3v) is 4.39. The molecule has 17 heavy (non-hydrogen) atoms. The van der Waals surface area contributed by atoms with E-state index in [0.29, 0.717) is 6.04 Å². The predicted molar refractivity (Wildman–Crippen MR) is 66.5 cm³/mol. The second kappa shape index (κ2) is 3.80. The van der Waals surface area contributed by atoms with Crippen molar-refractivity contribution in [3.8, 4) is 0 Å². The maximum Gasteiger partial charge on any atom is 0.153 e. The first-order chi connectivity index (χ1) is 8.10. The lowest BCUT2D eigenvalue weighted by Gasteiger charge is -2.35. The van der Waals surface area contributed by atoms with Gasteiger partial charge in [-0.2, -0.15) is 0 Å². The molecule has 0 saturated heterocycles. The van der Waals surface area contributed by atoms with E-state index in [4.69, 9.17) is 5.73 Å². The summed E-state index contributed by atoms with van der Waals surface area (Å²) >= 11 is 0. The van der Waals surface area contributed by atoms with E-state index in [1.54, 1.807) is 0 Å². The molecule has 0 radical (unpaired) electrons. The Balaban J connectivity index is 1.92. The summed E-state index contributed by atoms with van der Waals surface area (Å²) in [7, 11) is 0. The van der Waals surface area contributed by atoms with Crippen LogP contribution in [-0.2, 0) is 5.54 Å². The van der Waals surface area contributed by atoms with Crippen LogP contribution in [0.3, 0.4) is 0 Å². The number of aromatic nitrogens is 3. The molecular weight excluding hydrogens is 212 g/mol. The van der Waals surface area contributed by atoms with E-state index in [-0.39, 0.29) is 5.54 Å². The van der Waals surface area contributed by atoms with Crippen molar-refractivity contribution in [1.29, 1.82) is 0 Å². The third-order valence-electron chi connectivity index (χ3n) is 4.39. The zero-order valence-corrected chi connectivity index (χ0v) is 10.8. The maximum atomic E-state index is 6.60. The topological polar surface area (TPSA) is 56.7 Å². The van der Waals surface area contributed by atoms with E-state index in [1.807, 2.05) is 6.92 Å². The molecule has 2 aliphatic carbocycles. The van der Waals surface area contributed by atoms with E-state index in [9.17, 15) is 0 Å². The van der Waals surface area contributed by atoms with E-state index in [0.717, 1.165) is 30.4 Å². The molecule has 4 nitrogen and oxygen atoms in total. The number of rotatable bonds is 2. The van der Waals surface area contributed by atoms with Crippen LogP contribution in [0.4, 0.5) is 0 Å². The van der Waals surface area contributed by atoms with Crippen LogP contribution in [0.1, 0.15) is 63.1 Å². The Kier molecular flexibility index (Phi) is 2.51. The highest BCUT2D eigenvalue weighted by Gasteiger charge is 2.39. The quantitative estimate of drug-likeness (QED) is 0.854. The Morgan fingerprint density at radius 3 is 2.41 bits per heavy atom. The Morgan fingerprint density at radius 2 is 1.82 bits per heavy atom. The van der Waals surface area contributed by atoms with Crippen LogP contribution in [0.15, 0.2) is 0 Å². The first-order valence-corrected chi connectivity index (χ1v) is 6.81. The number of aryl methyl sites for hydroxylation is 1. The first-order valence-electron chi connectivity index (χ1n) is 6.81. The largest absolute Gasteiger partial charge is 0.319 e. The van der Waals surface area contributed by atoms with E-state index in [2.05, 4.69) is 21.7 Å². The predicted octanol–water partition coefficient (Wildman–Crippen LogP) is 2.29. The van der Waals surface area contributed by atoms with Crippen LogP contribution < -0.4 is 5.73 Å². The van der Waals surface area contributed by atoms with Gasteiger partial charge in [-0.05, 0) is 51.4 Å². The monoisotopic (exact) mass is 234 g/mol. The van der Waals surface area contributed by atoms with Gasteiger partial charge >= 0.3 is 0 Å². The first kappa shape index (κ1) is 11.2. The molecule has 0 aromatic carbocycles. The third kappa shape index (κ3) is 1.88. The van der Waals surface area contributed by atoms with Gasteiger partial charge in [-0.3, -0.25) is 0 Å². The molecule has 0 unspecified atom stereocenters. The lowest BCUT2D eigenvalue weighted by Crippen LogP contribution is -2.42. The van der Waals surface area contributed by atoms with Gasteiger partial charge in [-0.15, -0.1) is 10.2 Å². The van der Waals surface area contributed by atoms with Gasteiger partial charge in [0.1, 0.15) is 5.82 Å². The highest BCUT2D eigenvalue weighted by molar-refractivity contribution is 5.12. The lowest BCUT2D eigenvalue weighted by atomic mass is 9.77. The van der Waals surface area contributed by atoms with Crippen molar-refractivity contribution in [3.05, 3.63) is 11.6 Å². The molecule has 1 aromatic rings. The van der Waals surface area contributed by atoms with Gasteiger partial charge in [-0.1, -0.05) is 6.92 Å². The fourth-order valence-corrected chi connectivity index (χ4v) is 2.98. The van der Waals surface area contributed by atoms with Gasteiger partial charge in [0, 0.05) is 6.04 Å². The van der Waals surface area contributed by atoms with Gasteiger partial charge in [0.05, 0.1) is 5.54 Å². The van der Waals surface area contributed by atoms with Crippen LogP contribution in [0.2, 0.25) is 0 Å². The standard InChI is InChI=1S/C13H22N4/c1-9-5-7-13(14,8-6-9)12-16-15-10(2)17(12)11-3-4-11/h9,11H,3-8,14H2,1-2H3. The van der Waals surface area contributed by atoms with Gasteiger partial charge in [0.2, 0.25) is 0 Å². The molecule has 2 N–H and O–H groups in total. The van der Waals surface area contributed by atoms with Crippen molar-refractivity contribution in [2.45, 2.75) is 64.0 Å². The molecular formula is C13H22N4. The van der Waals surface area contributed by atoms with E-state index < -0.39 is 0 Å². The van der Waals surface area contributed by atoms with Crippen LogP contribution in [0.25, 0.3) is 0 Å². The molecule has 1 heterocycles. The van der Waals surface area contributed by atoms with Crippen LogP contribution in [-0.4, -0.2) is 14.8 Å². The molecule has 0 amide bonds. The second-order valence-electron chi connectivity index (χ2n) is 6.01. The van der Waals surface area contributed by atoms with Crippen molar-refractivity contribution in [3.63, 3.8) is 0 Å². The number of hydrogen-bond acceptors (Lipinski definition) is 3. The van der Waals surface area contributed by atoms with E-state index >= 15 is 0 Å². The molecule has 94 valence electrons. The molecule has 2 aliphatic rings. The van der Waals surface area contributed by atoms with Crippen molar-refractivity contribution in [2.75, 3.05) is 0 Å². The molecule has 0 spiro atoms. The number of hydrogen-bond donors (Lipinski definition) is 1. The Hall–Kier alpha value is -0.900. The SMILES string of the molecule is Cc1nnc(C2(N)CCC(C)CC2)n1C1CC1. The highest BCUT2D eigenvalue weighted by atomic mass is 15.3. The molecule has 0 aliphatic heterocycles. The van der Waals surface area contributed by atoms with Crippen molar-refractivity contribution >= 4 is 0 Å². The Bertz CT molecular complexity index is 411. The van der Waals surface area contributed by atoms with Crippen molar-refractivity contribution in [2.24, 2.45) is 11.7 Å². The summed E-state index contributed by atoms with van der Waals surface area (Å²) in [6.07, 6.45) is 7.06. The summed E-state index contributed by atoms with van der Waals surface area (Å²) in [6, 6.07) is 0.625. The zero-order chi connectivity index (χ0) is 12.0. The maximum absolute atomic E-state index is 6.60. The lowest BCUT2D eigenvalue weighted by molar-refractivity contribution is 0.230. The van der Waals surface area contributed by atoms with Gasteiger partial charge in [0.15, 0.2) is 5.82 Å². The van der Waals surface area contributed by atoms with E-state index in [1.165, 1.54) is 25.7 Å². The number of nitrogens with two attached hydrogens (primary N) is 1. The zero-order valence-electron chi connectivity index (χ0n) is 10.8. The Morgan fingerprint density at radius 1 is 1.18 bits per heavy atom. The summed E-state index contributed by atoms with van der Waals surface area (Å²) in [5.41, 5.74) is 6.37. The highest BCUT2D eigenvalue weighted by Crippen LogP contribution is 2.42. The summed E-state index contributed by atoms with van der Waals surface area (Å²) in [5, 5.41) is 8.64. The molecule has 4 heteroatoms. The average molecular weight is 234 g/mol.